The van der Waals surface area contributed by atoms with Gasteiger partial charge in [0, 0.05) is 19.0 Å². The van der Waals surface area contributed by atoms with Gasteiger partial charge in [0.25, 0.3) is 0 Å². The average Bonchev–Trinajstić information content (AvgIpc) is 3.59. The van der Waals surface area contributed by atoms with Crippen molar-refractivity contribution in [1.29, 1.82) is 0 Å². The van der Waals surface area contributed by atoms with E-state index < -0.39 is 5.60 Å². The maximum atomic E-state index is 13.3. The largest absolute Gasteiger partial charge is 0.390 e. The molecule has 4 saturated carbocycles. The van der Waals surface area contributed by atoms with Gasteiger partial charge in [-0.05, 0) is 134 Å². The molecule has 6 rings (SSSR count). The van der Waals surface area contributed by atoms with E-state index in [1.54, 1.807) is 0 Å². The van der Waals surface area contributed by atoms with E-state index >= 15 is 0 Å². The molecular formula is C27H44N8O4. The molecule has 12 nitrogen and oxygen atoms in total. The van der Waals surface area contributed by atoms with Crippen molar-refractivity contribution in [1.82, 2.24) is 40.0 Å². The van der Waals surface area contributed by atoms with E-state index in [0.29, 0.717) is 24.9 Å². The molecule has 0 radical (unpaired) electrons. The molecule has 0 aromatic carbocycles. The summed E-state index contributed by atoms with van der Waals surface area (Å²) in [5.41, 5.74) is -0.965. The first-order valence-electron chi connectivity index (χ1n) is 14.8. The van der Waals surface area contributed by atoms with Crippen LogP contribution in [0.15, 0.2) is 9.59 Å². The quantitative estimate of drug-likeness (QED) is 0.580. The number of nitrogens with zero attached hydrogens (tertiary/aromatic N) is 7. The minimum Gasteiger partial charge on any atom is -0.390 e. The Morgan fingerprint density at radius 1 is 0.897 bits per heavy atom. The van der Waals surface area contributed by atoms with Crippen molar-refractivity contribution in [2.75, 3.05) is 0 Å². The summed E-state index contributed by atoms with van der Waals surface area (Å²) in [5.74, 6) is 3.75. The number of aryl methyl sites for hydroxylation is 2. The molecule has 2 heterocycles. The van der Waals surface area contributed by atoms with E-state index in [9.17, 15) is 19.5 Å². The molecule has 0 bridgehead atoms. The van der Waals surface area contributed by atoms with Crippen molar-refractivity contribution in [3.05, 3.63) is 21.0 Å². The number of nitrogens with one attached hydrogen (secondary N) is 1. The van der Waals surface area contributed by atoms with Gasteiger partial charge in [0.2, 0.25) is 0 Å². The summed E-state index contributed by atoms with van der Waals surface area (Å²) in [4.78, 5) is 36.1. The third kappa shape index (κ3) is 5.16. The summed E-state index contributed by atoms with van der Waals surface area (Å²) in [6.45, 7) is 9.14. The van der Waals surface area contributed by atoms with Crippen molar-refractivity contribution in [3.8, 4) is 0 Å². The summed E-state index contributed by atoms with van der Waals surface area (Å²) in [6, 6.07) is 0. The summed E-state index contributed by atoms with van der Waals surface area (Å²) >= 11 is 0. The van der Waals surface area contributed by atoms with E-state index in [0.717, 1.165) is 49.9 Å². The number of aromatic nitrogens is 8. The van der Waals surface area contributed by atoms with Gasteiger partial charge in [0.15, 0.2) is 5.78 Å². The number of carbonyl (C=O) groups is 1. The van der Waals surface area contributed by atoms with E-state index in [-0.39, 0.29) is 35.0 Å². The Kier molecular flexibility index (Phi) is 7.69. The van der Waals surface area contributed by atoms with E-state index in [2.05, 4.69) is 32.9 Å². The zero-order valence-electron chi connectivity index (χ0n) is 23.8. The predicted octanol–water partition coefficient (Wildman–Crippen LogP) is 2.03. The number of carbonyl (C=O) groups excluding carboxylic acids is 1. The van der Waals surface area contributed by atoms with Gasteiger partial charge in [-0.25, -0.2) is 14.7 Å². The van der Waals surface area contributed by atoms with Gasteiger partial charge in [0.05, 0.1) is 5.60 Å². The van der Waals surface area contributed by atoms with Crippen molar-refractivity contribution in [2.24, 2.45) is 40.9 Å². The first-order valence-corrected chi connectivity index (χ1v) is 14.8. The molecule has 216 valence electrons. The molecule has 2 N–H and O–H groups in total. The molecule has 2 aromatic heterocycles. The van der Waals surface area contributed by atoms with Crippen LogP contribution in [-0.2, 0) is 24.4 Å². The number of rotatable bonds is 5. The van der Waals surface area contributed by atoms with Gasteiger partial charge in [-0.15, -0.1) is 0 Å². The average molecular weight is 545 g/mol. The number of aromatic amines is 1. The number of H-pyrrole nitrogens is 1. The number of tetrazole rings is 2. The summed E-state index contributed by atoms with van der Waals surface area (Å²) in [6.07, 6.45) is 9.99. The zero-order chi connectivity index (χ0) is 27.9. The molecule has 4 fully saturated rings. The second kappa shape index (κ2) is 10.7. The third-order valence-electron chi connectivity index (χ3n) is 10.8. The van der Waals surface area contributed by atoms with Crippen LogP contribution in [0.4, 0.5) is 0 Å². The molecule has 2 aromatic rings. The van der Waals surface area contributed by atoms with E-state index in [4.69, 9.17) is 0 Å². The van der Waals surface area contributed by atoms with Crippen molar-refractivity contribution >= 4 is 5.78 Å². The van der Waals surface area contributed by atoms with Crippen LogP contribution in [0.3, 0.4) is 0 Å². The Bertz CT molecular complexity index is 1280. The van der Waals surface area contributed by atoms with Crippen LogP contribution < -0.4 is 11.4 Å². The molecule has 0 aliphatic heterocycles. The monoisotopic (exact) mass is 544 g/mol. The van der Waals surface area contributed by atoms with Crippen LogP contribution in [0.5, 0.6) is 0 Å². The molecule has 8 atom stereocenters. The minimum atomic E-state index is -0.472. The van der Waals surface area contributed by atoms with Crippen molar-refractivity contribution < 1.29 is 9.90 Å². The molecule has 12 heteroatoms. The van der Waals surface area contributed by atoms with Crippen LogP contribution in [-0.4, -0.2) is 56.5 Å². The van der Waals surface area contributed by atoms with E-state index in [1.807, 2.05) is 20.8 Å². The highest BCUT2D eigenvalue weighted by Crippen LogP contribution is 2.64. The maximum absolute atomic E-state index is 13.3. The van der Waals surface area contributed by atoms with Gasteiger partial charge < -0.3 is 5.11 Å². The summed E-state index contributed by atoms with van der Waals surface area (Å²) < 4.78 is 3.78. The Morgan fingerprint density at radius 2 is 1.62 bits per heavy atom. The van der Waals surface area contributed by atoms with Gasteiger partial charge in [-0.3, -0.25) is 4.79 Å². The maximum Gasteiger partial charge on any atom is 0.364 e. The van der Waals surface area contributed by atoms with Gasteiger partial charge in [-0.1, -0.05) is 6.92 Å². The Labute approximate surface area is 228 Å². The second-order valence-corrected chi connectivity index (χ2v) is 12.9. The van der Waals surface area contributed by atoms with Crippen LogP contribution >= 0.6 is 0 Å². The number of ketones is 1. The number of Topliss-reactive ketones (excluding diaryl/α,β-unsaturated/α-hetero) is 1. The highest BCUT2D eigenvalue weighted by molar-refractivity contribution is 5.82. The van der Waals surface area contributed by atoms with Gasteiger partial charge in [-0.2, -0.15) is 14.0 Å². The number of fused-ring (bicyclic) bond motifs is 5. The van der Waals surface area contributed by atoms with Gasteiger partial charge in [0.1, 0.15) is 6.54 Å². The molecule has 0 unspecified atom stereocenters. The highest BCUT2D eigenvalue weighted by Gasteiger charge is 2.58. The fourth-order valence-electron chi connectivity index (χ4n) is 8.90. The van der Waals surface area contributed by atoms with Crippen LogP contribution in [0.25, 0.3) is 0 Å². The second-order valence-electron chi connectivity index (χ2n) is 12.9. The topological polar surface area (TPSA) is 154 Å². The Morgan fingerprint density at radius 3 is 2.26 bits per heavy atom. The molecular weight excluding hydrogens is 500 g/mol. The molecule has 0 saturated heterocycles. The van der Waals surface area contributed by atoms with Crippen LogP contribution in [0.2, 0.25) is 0 Å². The normalized spacial score (nSPS) is 37.3. The zero-order valence-corrected chi connectivity index (χ0v) is 23.8. The third-order valence-corrected chi connectivity index (χ3v) is 10.8. The van der Waals surface area contributed by atoms with Crippen LogP contribution in [0, 0.1) is 40.9 Å². The lowest BCUT2D eigenvalue weighted by atomic mass is 9.49. The predicted molar refractivity (Wildman–Crippen MR) is 143 cm³/mol. The van der Waals surface area contributed by atoms with Crippen LogP contribution in [0.1, 0.15) is 85.5 Å². The lowest BCUT2D eigenvalue weighted by Gasteiger charge is -2.56. The molecule has 39 heavy (non-hydrogen) atoms. The first-order chi connectivity index (χ1) is 18.6. The first kappa shape index (κ1) is 27.9. The summed E-state index contributed by atoms with van der Waals surface area (Å²) in [5, 5.41) is 27.2. The Hall–Kier alpha value is -2.63. The molecule has 4 aliphatic rings. The van der Waals surface area contributed by atoms with Crippen molar-refractivity contribution in [3.63, 3.8) is 0 Å². The molecule has 0 amide bonds. The number of aliphatic hydroxyl groups is 1. The Balaban J connectivity index is 0.000000332. The number of hydrogen-bond donors (Lipinski definition) is 2. The highest BCUT2D eigenvalue weighted by atomic mass is 16.3. The van der Waals surface area contributed by atoms with Gasteiger partial charge >= 0.3 is 11.4 Å². The minimum absolute atomic E-state index is 0.0296. The smallest absolute Gasteiger partial charge is 0.364 e. The lowest BCUT2D eigenvalue weighted by Crippen LogP contribution is -2.51. The fourth-order valence-corrected chi connectivity index (χ4v) is 8.90. The lowest BCUT2D eigenvalue weighted by molar-refractivity contribution is -0.133. The standard InChI is InChI=1S/C24H38N4O3.C3H6N4O/c1-4-27-22(30)28(26-25-27)14-21(29)20-8-7-19-18-6-5-15-13-23(2,31)11-9-16(15)17(18)10-12-24(19,20)3;1-2-7-3(8)4-5-6-7/h15-20,31H,4-14H2,1-3H3;2H2,1H3,(H,4,6,8)/t15-,16+,17-,18-,19+,20-,23-,24+;/m1./s1. The summed E-state index contributed by atoms with van der Waals surface area (Å²) in [7, 11) is 0. The SMILES string of the molecule is CCn1nn[nH]c1=O.CCn1nnn(CC(=O)[C@H]2CC[C@H]3[C@@H]4CC[C@@H]5C[C@](C)(O)CC[C@@H]5[C@H]4CC[C@]23C)c1=O. The van der Waals surface area contributed by atoms with Crippen molar-refractivity contribution in [2.45, 2.75) is 111 Å². The fraction of sp³-hybridized carbons (Fsp3) is 0.889. The molecule has 0 spiro atoms. The molecule has 4 aliphatic carbocycles. The number of hydrogen-bond acceptors (Lipinski definition) is 8. The van der Waals surface area contributed by atoms with E-state index in [1.165, 1.54) is 39.7 Å².